The molecule has 1 saturated carbocycles. The highest BCUT2D eigenvalue weighted by Gasteiger charge is 2.23. The van der Waals surface area contributed by atoms with Crippen LogP contribution in [-0.2, 0) is 6.54 Å². The van der Waals surface area contributed by atoms with Crippen molar-refractivity contribution in [3.05, 3.63) is 29.5 Å². The van der Waals surface area contributed by atoms with E-state index in [2.05, 4.69) is 22.3 Å². The minimum atomic E-state index is 0.562. The van der Waals surface area contributed by atoms with Gasteiger partial charge in [0.25, 0.3) is 0 Å². The van der Waals surface area contributed by atoms with Gasteiger partial charge in [0.05, 0.1) is 5.52 Å². The Hall–Kier alpha value is -1.35. The summed E-state index contributed by atoms with van der Waals surface area (Å²) in [6.07, 6.45) is 3.94. The summed E-state index contributed by atoms with van der Waals surface area (Å²) >= 11 is 0. The van der Waals surface area contributed by atoms with Crippen LogP contribution in [0.2, 0.25) is 0 Å². The predicted octanol–water partition coefficient (Wildman–Crippen LogP) is 2.29. The monoisotopic (exact) mass is 201 g/mol. The summed E-state index contributed by atoms with van der Waals surface area (Å²) in [5.41, 5.74) is 9.20. The van der Waals surface area contributed by atoms with Crippen molar-refractivity contribution in [3.63, 3.8) is 0 Å². The lowest BCUT2D eigenvalue weighted by molar-refractivity contribution is 0.413. The summed E-state index contributed by atoms with van der Waals surface area (Å²) in [5.74, 6) is 0.697. The van der Waals surface area contributed by atoms with Crippen LogP contribution in [0.3, 0.4) is 0 Å². The first-order valence-corrected chi connectivity index (χ1v) is 5.56. The van der Waals surface area contributed by atoms with Crippen molar-refractivity contribution in [1.29, 1.82) is 0 Å². The molecule has 1 fully saturated rings. The molecule has 0 bridgehead atoms. The van der Waals surface area contributed by atoms with Gasteiger partial charge < -0.3 is 5.73 Å². The van der Waals surface area contributed by atoms with E-state index in [-0.39, 0.29) is 0 Å². The lowest BCUT2D eigenvalue weighted by Crippen LogP contribution is -2.09. The van der Waals surface area contributed by atoms with E-state index in [0.717, 1.165) is 11.1 Å². The van der Waals surface area contributed by atoms with Gasteiger partial charge >= 0.3 is 0 Å². The first kappa shape index (κ1) is 8.92. The van der Waals surface area contributed by atoms with Crippen molar-refractivity contribution < 1.29 is 0 Å². The third-order valence-corrected chi connectivity index (χ3v) is 3.43. The van der Waals surface area contributed by atoms with Gasteiger partial charge in [0.15, 0.2) is 0 Å². The highest BCUT2D eigenvalue weighted by molar-refractivity contribution is 5.84. The van der Waals surface area contributed by atoms with Gasteiger partial charge in [-0.1, -0.05) is 24.6 Å². The number of hydrogen-bond acceptors (Lipinski definition) is 2. The van der Waals surface area contributed by atoms with Crippen LogP contribution in [0.1, 0.15) is 36.4 Å². The Kier molecular flexibility index (Phi) is 1.99. The fourth-order valence-electron chi connectivity index (χ4n) is 2.29. The molecule has 2 aromatic rings. The van der Waals surface area contributed by atoms with E-state index in [4.69, 9.17) is 5.73 Å². The Bertz CT molecular complexity index is 483. The van der Waals surface area contributed by atoms with Crippen LogP contribution in [0, 0.1) is 0 Å². The Morgan fingerprint density at radius 1 is 1.40 bits per heavy atom. The number of para-hydroxylation sites is 1. The average Bonchev–Trinajstić information content (AvgIpc) is 2.59. The first-order chi connectivity index (χ1) is 7.40. The van der Waals surface area contributed by atoms with Crippen LogP contribution < -0.4 is 5.73 Å². The molecule has 1 aliphatic carbocycles. The Morgan fingerprint density at radius 2 is 2.27 bits per heavy atom. The highest BCUT2D eigenvalue weighted by Crippen LogP contribution is 2.38. The number of fused-ring (bicyclic) bond motifs is 1. The largest absolute Gasteiger partial charge is 0.326 e. The number of nitrogens with two attached hydrogens (primary N) is 1. The molecule has 3 heteroatoms. The van der Waals surface area contributed by atoms with Gasteiger partial charge in [0.1, 0.15) is 0 Å². The molecule has 0 unspecified atom stereocenters. The van der Waals surface area contributed by atoms with Crippen molar-refractivity contribution in [2.24, 2.45) is 5.73 Å². The van der Waals surface area contributed by atoms with Gasteiger partial charge in [-0.3, -0.25) is 5.10 Å². The molecular weight excluding hydrogens is 186 g/mol. The zero-order valence-corrected chi connectivity index (χ0v) is 8.66. The molecule has 78 valence electrons. The van der Waals surface area contributed by atoms with Gasteiger partial charge in [0, 0.05) is 23.5 Å². The minimum Gasteiger partial charge on any atom is -0.326 e. The molecule has 1 heterocycles. The van der Waals surface area contributed by atoms with E-state index in [9.17, 15) is 0 Å². The molecule has 0 saturated heterocycles. The van der Waals surface area contributed by atoms with E-state index in [1.54, 1.807) is 0 Å². The van der Waals surface area contributed by atoms with Crippen LogP contribution in [0.25, 0.3) is 10.9 Å². The SMILES string of the molecule is NCc1cccc2c(C3CCC3)[nH]nc12. The molecule has 0 spiro atoms. The van der Waals surface area contributed by atoms with Gasteiger partial charge in [-0.25, -0.2) is 0 Å². The Labute approximate surface area is 88.7 Å². The van der Waals surface area contributed by atoms with Crippen molar-refractivity contribution in [1.82, 2.24) is 10.2 Å². The first-order valence-electron chi connectivity index (χ1n) is 5.56. The number of aromatic amines is 1. The van der Waals surface area contributed by atoms with Gasteiger partial charge in [-0.2, -0.15) is 5.10 Å². The maximum Gasteiger partial charge on any atom is 0.0968 e. The second kappa shape index (κ2) is 3.35. The molecule has 1 aromatic heterocycles. The Balaban J connectivity index is 2.16. The fraction of sp³-hybridized carbons (Fsp3) is 0.417. The number of H-pyrrole nitrogens is 1. The molecule has 0 amide bonds. The average molecular weight is 201 g/mol. The van der Waals surface area contributed by atoms with Gasteiger partial charge in [-0.15, -0.1) is 0 Å². The highest BCUT2D eigenvalue weighted by atomic mass is 15.1. The van der Waals surface area contributed by atoms with Crippen LogP contribution in [0.5, 0.6) is 0 Å². The molecule has 3 nitrogen and oxygen atoms in total. The number of nitrogens with zero attached hydrogens (tertiary/aromatic N) is 1. The van der Waals surface area contributed by atoms with Crippen molar-refractivity contribution in [3.8, 4) is 0 Å². The molecule has 0 radical (unpaired) electrons. The summed E-state index contributed by atoms with van der Waals surface area (Å²) in [7, 11) is 0. The summed E-state index contributed by atoms with van der Waals surface area (Å²) < 4.78 is 0. The lowest BCUT2D eigenvalue weighted by atomic mass is 9.82. The summed E-state index contributed by atoms with van der Waals surface area (Å²) in [6.45, 7) is 0.562. The fourth-order valence-corrected chi connectivity index (χ4v) is 2.29. The maximum atomic E-state index is 5.69. The second-order valence-electron chi connectivity index (χ2n) is 4.28. The smallest absolute Gasteiger partial charge is 0.0968 e. The zero-order chi connectivity index (χ0) is 10.3. The van der Waals surface area contributed by atoms with Crippen LogP contribution >= 0.6 is 0 Å². The summed E-state index contributed by atoms with van der Waals surface area (Å²) in [6, 6.07) is 6.27. The van der Waals surface area contributed by atoms with Gasteiger partial charge in [0.2, 0.25) is 0 Å². The zero-order valence-electron chi connectivity index (χ0n) is 8.66. The molecule has 0 atom stereocenters. The van der Waals surface area contributed by atoms with E-state index < -0.39 is 0 Å². The molecule has 3 rings (SSSR count). The molecule has 1 aliphatic rings. The second-order valence-corrected chi connectivity index (χ2v) is 4.28. The van der Waals surface area contributed by atoms with E-state index in [1.807, 2.05) is 6.07 Å². The molecule has 0 aliphatic heterocycles. The lowest BCUT2D eigenvalue weighted by Gasteiger charge is -2.24. The van der Waals surface area contributed by atoms with Gasteiger partial charge in [-0.05, 0) is 18.4 Å². The van der Waals surface area contributed by atoms with E-state index in [0.29, 0.717) is 12.5 Å². The summed E-state index contributed by atoms with van der Waals surface area (Å²) in [4.78, 5) is 0. The topological polar surface area (TPSA) is 54.7 Å². The number of nitrogens with one attached hydrogen (secondary N) is 1. The Morgan fingerprint density at radius 3 is 2.93 bits per heavy atom. The number of rotatable bonds is 2. The summed E-state index contributed by atoms with van der Waals surface area (Å²) in [5, 5.41) is 8.84. The predicted molar refractivity (Wildman–Crippen MR) is 60.6 cm³/mol. The van der Waals surface area contributed by atoms with Crippen LogP contribution in [-0.4, -0.2) is 10.2 Å². The van der Waals surface area contributed by atoms with Crippen molar-refractivity contribution in [2.75, 3.05) is 0 Å². The minimum absolute atomic E-state index is 0.562. The third kappa shape index (κ3) is 1.27. The maximum absolute atomic E-state index is 5.69. The van der Waals surface area contributed by atoms with Crippen molar-refractivity contribution >= 4 is 10.9 Å². The van der Waals surface area contributed by atoms with E-state index >= 15 is 0 Å². The van der Waals surface area contributed by atoms with Crippen LogP contribution in [0.15, 0.2) is 18.2 Å². The van der Waals surface area contributed by atoms with E-state index in [1.165, 1.54) is 30.3 Å². The number of hydrogen-bond donors (Lipinski definition) is 2. The molecular formula is C12H15N3. The van der Waals surface area contributed by atoms with Crippen molar-refractivity contribution in [2.45, 2.75) is 31.7 Å². The molecule has 3 N–H and O–H groups in total. The molecule has 1 aromatic carbocycles. The third-order valence-electron chi connectivity index (χ3n) is 3.43. The number of aromatic nitrogens is 2. The van der Waals surface area contributed by atoms with Crippen LogP contribution in [0.4, 0.5) is 0 Å². The normalized spacial score (nSPS) is 16.9. The standard InChI is InChI=1S/C12H15N3/c13-7-9-5-2-6-10-11(8-3-1-4-8)14-15-12(9)10/h2,5-6,8H,1,3-4,7,13H2,(H,14,15). The molecule has 15 heavy (non-hydrogen) atoms. The quantitative estimate of drug-likeness (QED) is 0.783. The number of benzene rings is 1.